The highest BCUT2D eigenvalue weighted by atomic mass is 35.5. The van der Waals surface area contributed by atoms with E-state index in [1.165, 1.54) is 7.11 Å². The molecule has 0 radical (unpaired) electrons. The van der Waals surface area contributed by atoms with Gasteiger partial charge >= 0.3 is 0 Å². The fourth-order valence-electron chi connectivity index (χ4n) is 2.60. The second-order valence-electron chi connectivity index (χ2n) is 5.45. The largest absolute Gasteiger partial charge is 0.399 e. The molecule has 2 rings (SSSR count). The van der Waals surface area contributed by atoms with E-state index in [2.05, 4.69) is 10.5 Å². The van der Waals surface area contributed by atoms with Gasteiger partial charge in [0, 0.05) is 24.8 Å². The fraction of sp³-hybridized carbons (Fsp3) is 0.500. The van der Waals surface area contributed by atoms with Crippen molar-refractivity contribution < 1.29 is 9.63 Å². The molecule has 22 heavy (non-hydrogen) atoms. The van der Waals surface area contributed by atoms with Crippen molar-refractivity contribution in [3.8, 4) is 0 Å². The second-order valence-corrected chi connectivity index (χ2v) is 6.27. The SMILES string of the molecule is CON=C(CCC(=O)CC1CCNC1)c1ccc(Cl)c(Cl)c1. The van der Waals surface area contributed by atoms with Crippen molar-refractivity contribution in [2.24, 2.45) is 11.1 Å². The molecule has 1 fully saturated rings. The molecule has 0 saturated carbocycles. The summed E-state index contributed by atoms with van der Waals surface area (Å²) in [6.45, 7) is 1.95. The monoisotopic (exact) mass is 342 g/mol. The quantitative estimate of drug-likeness (QED) is 0.607. The van der Waals surface area contributed by atoms with Crippen LogP contribution in [0.3, 0.4) is 0 Å². The molecule has 0 aromatic heterocycles. The molecule has 4 nitrogen and oxygen atoms in total. The van der Waals surface area contributed by atoms with Gasteiger partial charge in [0.1, 0.15) is 12.9 Å². The molecule has 6 heteroatoms. The van der Waals surface area contributed by atoms with Crippen LogP contribution in [-0.2, 0) is 9.63 Å². The number of hydrogen-bond acceptors (Lipinski definition) is 4. The summed E-state index contributed by atoms with van der Waals surface area (Å²) in [7, 11) is 1.49. The van der Waals surface area contributed by atoms with Crippen molar-refractivity contribution in [2.75, 3.05) is 20.2 Å². The van der Waals surface area contributed by atoms with Crippen LogP contribution >= 0.6 is 23.2 Å². The molecule has 1 heterocycles. The molecule has 120 valence electrons. The van der Waals surface area contributed by atoms with Gasteiger partial charge in [-0.25, -0.2) is 0 Å². The number of Topliss-reactive ketones (excluding diaryl/α,β-unsaturated/α-hetero) is 1. The third kappa shape index (κ3) is 4.97. The Bertz CT molecular complexity index is 555. The van der Waals surface area contributed by atoms with Crippen molar-refractivity contribution in [3.63, 3.8) is 0 Å². The first-order valence-corrected chi connectivity index (χ1v) is 8.13. The number of benzene rings is 1. The van der Waals surface area contributed by atoms with Crippen molar-refractivity contribution in [3.05, 3.63) is 33.8 Å². The van der Waals surface area contributed by atoms with E-state index in [1.54, 1.807) is 12.1 Å². The van der Waals surface area contributed by atoms with Gasteiger partial charge in [-0.3, -0.25) is 4.79 Å². The predicted octanol–water partition coefficient (Wildman–Crippen LogP) is 3.69. The van der Waals surface area contributed by atoms with E-state index >= 15 is 0 Å². The lowest BCUT2D eigenvalue weighted by Crippen LogP contribution is -2.14. The Labute approximate surface area is 140 Å². The van der Waals surface area contributed by atoms with Crippen LogP contribution in [0.5, 0.6) is 0 Å². The van der Waals surface area contributed by atoms with Crippen LogP contribution in [0.15, 0.2) is 23.4 Å². The van der Waals surface area contributed by atoms with E-state index < -0.39 is 0 Å². The molecule has 1 unspecified atom stereocenters. The number of carbonyl (C=O) groups excluding carboxylic acids is 1. The zero-order valence-electron chi connectivity index (χ0n) is 12.6. The third-order valence-corrected chi connectivity index (χ3v) is 4.51. The van der Waals surface area contributed by atoms with Crippen molar-refractivity contribution >= 4 is 34.7 Å². The molecule has 1 atom stereocenters. The smallest absolute Gasteiger partial charge is 0.133 e. The third-order valence-electron chi connectivity index (χ3n) is 3.77. The lowest BCUT2D eigenvalue weighted by molar-refractivity contribution is -0.119. The topological polar surface area (TPSA) is 50.7 Å². The normalized spacial score (nSPS) is 18.5. The minimum atomic E-state index is 0.262. The van der Waals surface area contributed by atoms with Crippen LogP contribution in [0.25, 0.3) is 0 Å². The summed E-state index contributed by atoms with van der Waals surface area (Å²) in [5, 5.41) is 8.25. The summed E-state index contributed by atoms with van der Waals surface area (Å²) >= 11 is 12.0. The molecule has 1 aliphatic heterocycles. The average molecular weight is 343 g/mol. The Hall–Kier alpha value is -1.10. The number of rotatable bonds is 7. The summed E-state index contributed by atoms with van der Waals surface area (Å²) in [6, 6.07) is 5.29. The zero-order chi connectivity index (χ0) is 15.9. The minimum absolute atomic E-state index is 0.262. The van der Waals surface area contributed by atoms with Gasteiger partial charge in [0.05, 0.1) is 15.8 Å². The van der Waals surface area contributed by atoms with E-state index in [9.17, 15) is 4.79 Å². The standard InChI is InChI=1S/C16H20Cl2N2O2/c1-22-20-16(12-2-4-14(17)15(18)9-12)5-3-13(21)8-11-6-7-19-10-11/h2,4,9,11,19H,3,5-8,10H2,1H3. The average Bonchev–Trinajstić information content (AvgIpc) is 2.99. The zero-order valence-corrected chi connectivity index (χ0v) is 14.1. The molecule has 0 aliphatic carbocycles. The fourth-order valence-corrected chi connectivity index (χ4v) is 2.90. The number of carbonyl (C=O) groups is 1. The Balaban J connectivity index is 1.95. The first-order valence-electron chi connectivity index (χ1n) is 7.38. The molecule has 0 spiro atoms. The molecule has 0 amide bonds. The number of oxime groups is 1. The Kier molecular flexibility index (Phi) is 6.68. The second kappa shape index (κ2) is 8.51. The summed E-state index contributed by atoms with van der Waals surface area (Å²) < 4.78 is 0. The molecular weight excluding hydrogens is 323 g/mol. The molecule has 1 N–H and O–H groups in total. The van der Waals surface area contributed by atoms with Crippen LogP contribution in [-0.4, -0.2) is 31.7 Å². The van der Waals surface area contributed by atoms with E-state index in [0.29, 0.717) is 40.9 Å². The van der Waals surface area contributed by atoms with E-state index in [-0.39, 0.29) is 5.78 Å². The number of hydrogen-bond donors (Lipinski definition) is 1. The molecule has 1 aromatic rings. The summed E-state index contributed by atoms with van der Waals surface area (Å²) in [5.41, 5.74) is 1.53. The Morgan fingerprint density at radius 2 is 2.18 bits per heavy atom. The number of nitrogens with zero attached hydrogens (tertiary/aromatic N) is 1. The molecular formula is C16H20Cl2N2O2. The highest BCUT2D eigenvalue weighted by molar-refractivity contribution is 6.42. The van der Waals surface area contributed by atoms with E-state index in [0.717, 1.165) is 25.1 Å². The van der Waals surface area contributed by atoms with Crippen molar-refractivity contribution in [1.82, 2.24) is 5.32 Å². The van der Waals surface area contributed by atoms with Gasteiger partial charge in [-0.1, -0.05) is 34.4 Å². The van der Waals surface area contributed by atoms with Crippen LogP contribution < -0.4 is 5.32 Å². The first-order chi connectivity index (χ1) is 10.6. The molecule has 1 saturated heterocycles. The lowest BCUT2D eigenvalue weighted by atomic mass is 9.97. The maximum atomic E-state index is 12.1. The van der Waals surface area contributed by atoms with Gasteiger partial charge in [0.2, 0.25) is 0 Å². The highest BCUT2D eigenvalue weighted by Crippen LogP contribution is 2.24. The maximum absolute atomic E-state index is 12.1. The van der Waals surface area contributed by atoms with Gasteiger partial charge in [-0.05, 0) is 37.6 Å². The molecule has 0 bridgehead atoms. The van der Waals surface area contributed by atoms with Crippen LogP contribution in [0.1, 0.15) is 31.2 Å². The summed E-state index contributed by atoms with van der Waals surface area (Å²) in [6.07, 6.45) is 2.70. The summed E-state index contributed by atoms with van der Waals surface area (Å²) in [5.74, 6) is 0.734. The predicted molar refractivity (Wildman–Crippen MR) is 89.8 cm³/mol. The van der Waals surface area contributed by atoms with Crippen molar-refractivity contribution in [1.29, 1.82) is 0 Å². The van der Waals surface area contributed by atoms with Crippen LogP contribution in [0.2, 0.25) is 10.0 Å². The first kappa shape index (κ1) is 17.3. The minimum Gasteiger partial charge on any atom is -0.399 e. The van der Waals surface area contributed by atoms with Gasteiger partial charge in [0.15, 0.2) is 0 Å². The van der Waals surface area contributed by atoms with E-state index in [1.807, 2.05) is 6.07 Å². The maximum Gasteiger partial charge on any atom is 0.133 e. The number of ketones is 1. The number of nitrogens with one attached hydrogen (secondary N) is 1. The Morgan fingerprint density at radius 3 is 2.82 bits per heavy atom. The van der Waals surface area contributed by atoms with Crippen LogP contribution in [0, 0.1) is 5.92 Å². The number of halogens is 2. The van der Waals surface area contributed by atoms with Gasteiger partial charge in [-0.15, -0.1) is 0 Å². The van der Waals surface area contributed by atoms with Gasteiger partial charge in [-0.2, -0.15) is 0 Å². The van der Waals surface area contributed by atoms with Gasteiger partial charge < -0.3 is 10.2 Å². The molecule has 1 aromatic carbocycles. The van der Waals surface area contributed by atoms with Crippen molar-refractivity contribution in [2.45, 2.75) is 25.7 Å². The van der Waals surface area contributed by atoms with Crippen LogP contribution in [0.4, 0.5) is 0 Å². The van der Waals surface area contributed by atoms with E-state index in [4.69, 9.17) is 28.0 Å². The summed E-state index contributed by atoms with van der Waals surface area (Å²) in [4.78, 5) is 17.0. The molecule has 1 aliphatic rings. The lowest BCUT2D eigenvalue weighted by Gasteiger charge is -2.09. The Morgan fingerprint density at radius 1 is 1.36 bits per heavy atom. The van der Waals surface area contributed by atoms with Gasteiger partial charge in [0.25, 0.3) is 0 Å². The highest BCUT2D eigenvalue weighted by Gasteiger charge is 2.18.